The molecule has 1 aromatic heterocycles. The zero-order valence-corrected chi connectivity index (χ0v) is 10.5. The average Bonchev–Trinajstić information content (AvgIpc) is 2.74. The molecule has 5 heteroatoms. The van der Waals surface area contributed by atoms with Gasteiger partial charge in [-0.2, -0.15) is 0 Å². The monoisotopic (exact) mass is 249 g/mol. The van der Waals surface area contributed by atoms with E-state index in [0.29, 0.717) is 18.9 Å². The molecule has 0 aliphatic rings. The minimum atomic E-state index is -0.256. The normalized spacial score (nSPS) is 10.6. The summed E-state index contributed by atoms with van der Waals surface area (Å²) in [6, 6.07) is 4.53. The highest BCUT2D eigenvalue weighted by Crippen LogP contribution is 2.20. The second-order valence-corrected chi connectivity index (χ2v) is 4.07. The third-order valence-corrected chi connectivity index (χ3v) is 2.68. The summed E-state index contributed by atoms with van der Waals surface area (Å²) in [5.74, 6) is 0.431. The van der Waals surface area contributed by atoms with E-state index in [1.165, 1.54) is 12.1 Å². The van der Waals surface area contributed by atoms with Gasteiger partial charge in [-0.15, -0.1) is 0 Å². The highest BCUT2D eigenvalue weighted by molar-refractivity contribution is 5.34. The van der Waals surface area contributed by atoms with Crippen molar-refractivity contribution in [3.8, 4) is 5.75 Å². The maximum atomic E-state index is 13.2. The van der Waals surface area contributed by atoms with E-state index in [0.717, 1.165) is 11.3 Å². The van der Waals surface area contributed by atoms with Crippen molar-refractivity contribution in [2.24, 2.45) is 7.05 Å². The highest BCUT2D eigenvalue weighted by Gasteiger charge is 2.06. The number of benzene rings is 1. The van der Waals surface area contributed by atoms with E-state index in [4.69, 9.17) is 4.74 Å². The van der Waals surface area contributed by atoms with Gasteiger partial charge in [0, 0.05) is 19.2 Å². The highest BCUT2D eigenvalue weighted by atomic mass is 19.1. The van der Waals surface area contributed by atoms with Gasteiger partial charge in [-0.05, 0) is 25.2 Å². The molecule has 2 rings (SSSR count). The third kappa shape index (κ3) is 2.87. The number of imidazole rings is 1. The van der Waals surface area contributed by atoms with Crippen LogP contribution in [0.4, 0.5) is 4.39 Å². The summed E-state index contributed by atoms with van der Waals surface area (Å²) in [7, 11) is 3.72. The Morgan fingerprint density at radius 2 is 2.28 bits per heavy atom. The van der Waals surface area contributed by atoms with E-state index in [9.17, 15) is 4.39 Å². The molecule has 0 fully saturated rings. The van der Waals surface area contributed by atoms with Crippen LogP contribution in [0.2, 0.25) is 0 Å². The lowest BCUT2D eigenvalue weighted by Gasteiger charge is -2.11. The summed E-state index contributed by atoms with van der Waals surface area (Å²) in [6.07, 6.45) is 3.47. The Hall–Kier alpha value is -1.88. The van der Waals surface area contributed by atoms with E-state index < -0.39 is 0 Å². The second-order valence-electron chi connectivity index (χ2n) is 4.07. The van der Waals surface area contributed by atoms with Gasteiger partial charge in [0.15, 0.2) is 0 Å². The summed E-state index contributed by atoms with van der Waals surface area (Å²) in [6.45, 7) is 0.983. The van der Waals surface area contributed by atoms with Crippen LogP contribution in [0.3, 0.4) is 0 Å². The van der Waals surface area contributed by atoms with Gasteiger partial charge >= 0.3 is 0 Å². The van der Waals surface area contributed by atoms with Gasteiger partial charge in [0.2, 0.25) is 0 Å². The first-order chi connectivity index (χ1) is 8.70. The molecule has 0 aliphatic carbocycles. The Labute approximate surface area is 105 Å². The Balaban J connectivity index is 2.11. The maximum absolute atomic E-state index is 13.2. The summed E-state index contributed by atoms with van der Waals surface area (Å²) < 4.78 is 20.7. The first kappa shape index (κ1) is 12.6. The molecule has 0 spiro atoms. The third-order valence-electron chi connectivity index (χ3n) is 2.68. The van der Waals surface area contributed by atoms with Gasteiger partial charge < -0.3 is 14.6 Å². The molecule has 1 N–H and O–H groups in total. The van der Waals surface area contributed by atoms with E-state index in [1.807, 2.05) is 18.7 Å². The molecule has 4 nitrogen and oxygen atoms in total. The van der Waals surface area contributed by atoms with Gasteiger partial charge in [-0.1, -0.05) is 0 Å². The Morgan fingerprint density at radius 1 is 1.44 bits per heavy atom. The van der Waals surface area contributed by atoms with Crippen LogP contribution >= 0.6 is 0 Å². The van der Waals surface area contributed by atoms with Crippen molar-refractivity contribution in [1.29, 1.82) is 0 Å². The Kier molecular flexibility index (Phi) is 3.94. The molecule has 0 saturated heterocycles. The predicted molar refractivity (Wildman–Crippen MR) is 66.7 cm³/mol. The molecular formula is C13H16FN3O. The van der Waals surface area contributed by atoms with Crippen LogP contribution in [-0.2, 0) is 20.2 Å². The standard InChI is InChI=1S/C13H16FN3O/c1-15-6-10-5-11(14)3-4-13(10)18-8-12-7-16-9-17(12)2/h3-5,7,9,15H,6,8H2,1-2H3. The van der Waals surface area contributed by atoms with E-state index in [2.05, 4.69) is 10.3 Å². The van der Waals surface area contributed by atoms with E-state index in [1.54, 1.807) is 18.6 Å². The smallest absolute Gasteiger partial charge is 0.130 e. The molecule has 1 heterocycles. The van der Waals surface area contributed by atoms with Crippen molar-refractivity contribution in [2.75, 3.05) is 7.05 Å². The molecule has 0 saturated carbocycles. The van der Waals surface area contributed by atoms with Crippen LogP contribution in [0.15, 0.2) is 30.7 Å². The van der Waals surface area contributed by atoms with Gasteiger partial charge in [-0.3, -0.25) is 0 Å². The molecule has 18 heavy (non-hydrogen) atoms. The van der Waals surface area contributed by atoms with Crippen LogP contribution in [0.25, 0.3) is 0 Å². The number of halogens is 1. The van der Waals surface area contributed by atoms with Gasteiger partial charge in [0.25, 0.3) is 0 Å². The molecule has 1 aromatic carbocycles. The first-order valence-electron chi connectivity index (χ1n) is 5.71. The van der Waals surface area contributed by atoms with Crippen molar-refractivity contribution in [1.82, 2.24) is 14.9 Å². The number of rotatable bonds is 5. The Bertz CT molecular complexity index is 525. The number of hydrogen-bond donors (Lipinski definition) is 1. The lowest BCUT2D eigenvalue weighted by atomic mass is 10.2. The molecule has 0 atom stereocenters. The summed E-state index contributed by atoms with van der Waals surface area (Å²) in [5, 5.41) is 2.99. The fraction of sp³-hybridized carbons (Fsp3) is 0.308. The fourth-order valence-corrected chi connectivity index (χ4v) is 1.69. The summed E-state index contributed by atoms with van der Waals surface area (Å²) in [4.78, 5) is 4.02. The minimum absolute atomic E-state index is 0.256. The topological polar surface area (TPSA) is 39.1 Å². The van der Waals surface area contributed by atoms with Crippen molar-refractivity contribution < 1.29 is 9.13 Å². The van der Waals surface area contributed by atoms with Crippen LogP contribution < -0.4 is 10.1 Å². The molecule has 0 aliphatic heterocycles. The van der Waals surface area contributed by atoms with Gasteiger partial charge in [0.05, 0.1) is 18.2 Å². The lowest BCUT2D eigenvalue weighted by molar-refractivity contribution is 0.293. The number of aromatic nitrogens is 2. The summed E-state index contributed by atoms with van der Waals surface area (Å²) in [5.41, 5.74) is 1.77. The van der Waals surface area contributed by atoms with E-state index >= 15 is 0 Å². The Morgan fingerprint density at radius 3 is 2.94 bits per heavy atom. The van der Waals surface area contributed by atoms with Crippen LogP contribution in [0.1, 0.15) is 11.3 Å². The van der Waals surface area contributed by atoms with Gasteiger partial charge in [0.1, 0.15) is 18.2 Å². The second kappa shape index (κ2) is 5.64. The number of aryl methyl sites for hydroxylation is 1. The molecule has 0 bridgehead atoms. The number of ether oxygens (including phenoxy) is 1. The zero-order chi connectivity index (χ0) is 13.0. The molecule has 0 radical (unpaired) electrons. The maximum Gasteiger partial charge on any atom is 0.130 e. The minimum Gasteiger partial charge on any atom is -0.487 e. The fourth-order valence-electron chi connectivity index (χ4n) is 1.69. The van der Waals surface area contributed by atoms with Crippen LogP contribution in [0, 0.1) is 5.82 Å². The largest absolute Gasteiger partial charge is 0.487 e. The quantitative estimate of drug-likeness (QED) is 0.879. The molecule has 96 valence electrons. The first-order valence-corrected chi connectivity index (χ1v) is 5.71. The molecule has 0 amide bonds. The van der Waals surface area contributed by atoms with Crippen molar-refractivity contribution in [3.05, 3.63) is 47.8 Å². The predicted octanol–water partition coefficient (Wildman–Crippen LogP) is 1.86. The average molecular weight is 249 g/mol. The number of nitrogens with zero attached hydrogens (tertiary/aromatic N) is 2. The van der Waals surface area contributed by atoms with Crippen LogP contribution in [-0.4, -0.2) is 16.6 Å². The number of nitrogens with one attached hydrogen (secondary N) is 1. The number of hydrogen-bond acceptors (Lipinski definition) is 3. The van der Waals surface area contributed by atoms with Crippen molar-refractivity contribution in [2.45, 2.75) is 13.2 Å². The summed E-state index contributed by atoms with van der Waals surface area (Å²) >= 11 is 0. The van der Waals surface area contributed by atoms with E-state index in [-0.39, 0.29) is 5.82 Å². The zero-order valence-electron chi connectivity index (χ0n) is 10.5. The van der Waals surface area contributed by atoms with Crippen molar-refractivity contribution in [3.63, 3.8) is 0 Å². The van der Waals surface area contributed by atoms with Gasteiger partial charge in [-0.25, -0.2) is 9.37 Å². The lowest BCUT2D eigenvalue weighted by Crippen LogP contribution is -2.09. The molecule has 0 unspecified atom stereocenters. The molecular weight excluding hydrogens is 233 g/mol. The SMILES string of the molecule is CNCc1cc(F)ccc1OCc1cncn1C. The molecule has 2 aromatic rings. The van der Waals surface area contributed by atoms with Crippen molar-refractivity contribution >= 4 is 0 Å². The van der Waals surface area contributed by atoms with Crippen LogP contribution in [0.5, 0.6) is 5.75 Å².